The van der Waals surface area contributed by atoms with Gasteiger partial charge in [0.15, 0.2) is 0 Å². The number of nitrogens with two attached hydrogens (primary N) is 1. The molecule has 0 saturated carbocycles. The molecule has 1 aromatic carbocycles. The first kappa shape index (κ1) is 22.9. The molecular weight excluding hydrogens is 416 g/mol. The first-order chi connectivity index (χ1) is 16.1. The third-order valence-corrected chi connectivity index (χ3v) is 5.79. The lowest BCUT2D eigenvalue weighted by molar-refractivity contribution is 0.0342. The molecule has 2 aromatic rings. The molecule has 0 spiro atoms. The number of benzene rings is 1. The van der Waals surface area contributed by atoms with E-state index in [9.17, 15) is 4.79 Å². The molecule has 1 amide bonds. The molecule has 1 aliphatic heterocycles. The molecule has 4 rings (SSSR count). The Morgan fingerprint density at radius 1 is 1.27 bits per heavy atom. The highest BCUT2D eigenvalue weighted by Gasteiger charge is 2.18. The van der Waals surface area contributed by atoms with Crippen LogP contribution in [0.3, 0.4) is 0 Å². The minimum absolute atomic E-state index is 0.00244. The Balaban J connectivity index is 1.48. The van der Waals surface area contributed by atoms with Gasteiger partial charge in [-0.05, 0) is 48.0 Å². The van der Waals surface area contributed by atoms with Gasteiger partial charge < -0.3 is 15.2 Å². The summed E-state index contributed by atoms with van der Waals surface area (Å²) in [6.45, 7) is 6.58. The Kier molecular flexibility index (Phi) is 7.65. The number of aromatic nitrogens is 1. The number of primary amides is 1. The van der Waals surface area contributed by atoms with Crippen LogP contribution in [-0.2, 0) is 22.6 Å². The van der Waals surface area contributed by atoms with Gasteiger partial charge in [0, 0.05) is 32.3 Å². The van der Waals surface area contributed by atoms with Gasteiger partial charge >= 0.3 is 0 Å². The number of carbonyl (C=O) groups excluding carboxylic acids is 1. The van der Waals surface area contributed by atoms with Crippen molar-refractivity contribution in [2.75, 3.05) is 26.3 Å². The van der Waals surface area contributed by atoms with E-state index in [0.717, 1.165) is 49.7 Å². The second-order valence-electron chi connectivity index (χ2n) is 8.15. The topological polar surface area (TPSA) is 90.0 Å². The van der Waals surface area contributed by atoms with Crippen LogP contribution in [-0.4, -0.2) is 54.4 Å². The summed E-state index contributed by atoms with van der Waals surface area (Å²) in [6, 6.07) is 12.0. The maximum absolute atomic E-state index is 11.7. The number of aliphatic imine (C=N–C) groups is 1. The smallest absolute Gasteiger partial charge is 0.250 e. The van der Waals surface area contributed by atoms with Crippen LogP contribution >= 0.6 is 0 Å². The third kappa shape index (κ3) is 6.15. The van der Waals surface area contributed by atoms with Gasteiger partial charge in [0.1, 0.15) is 6.61 Å². The standard InChI is InChI=1S/C26H30N4O3/c1-2-28-22-14-21(20-7-5-19(6-8-20)17-30-10-12-32-13-11-30)15-23(16-22)33-18-25-24(26(27)31)4-3-9-29-25/h2-9,14-15,22H,10-13,16-18H2,1H3,(H2,27,31). The summed E-state index contributed by atoms with van der Waals surface area (Å²) in [5.41, 5.74) is 9.85. The second kappa shape index (κ2) is 11.0. The van der Waals surface area contributed by atoms with Crippen LogP contribution in [0, 0.1) is 0 Å². The number of hydrogen-bond donors (Lipinski definition) is 1. The van der Waals surface area contributed by atoms with Crippen LogP contribution in [0.4, 0.5) is 0 Å². The molecule has 0 bridgehead atoms. The lowest BCUT2D eigenvalue weighted by atomic mass is 9.95. The Hall–Kier alpha value is -3.29. The molecule has 1 fully saturated rings. The molecule has 1 aromatic heterocycles. The van der Waals surface area contributed by atoms with Crippen molar-refractivity contribution in [1.82, 2.24) is 9.88 Å². The van der Waals surface area contributed by atoms with Gasteiger partial charge in [-0.3, -0.25) is 19.7 Å². The van der Waals surface area contributed by atoms with Crippen molar-refractivity contribution in [3.05, 3.63) is 82.9 Å². The molecule has 33 heavy (non-hydrogen) atoms. The van der Waals surface area contributed by atoms with Crippen LogP contribution in [0.5, 0.6) is 0 Å². The monoisotopic (exact) mass is 446 g/mol. The normalized spacial score (nSPS) is 19.2. The molecule has 0 radical (unpaired) electrons. The van der Waals surface area contributed by atoms with E-state index < -0.39 is 5.91 Å². The van der Waals surface area contributed by atoms with E-state index in [2.05, 4.69) is 45.2 Å². The predicted molar refractivity (Wildman–Crippen MR) is 129 cm³/mol. The van der Waals surface area contributed by atoms with Crippen LogP contribution in [0.25, 0.3) is 5.57 Å². The molecule has 7 heteroatoms. The number of morpholine rings is 1. The van der Waals surface area contributed by atoms with Gasteiger partial charge in [-0.1, -0.05) is 30.3 Å². The third-order valence-electron chi connectivity index (χ3n) is 5.79. The number of ether oxygens (including phenoxy) is 2. The highest BCUT2D eigenvalue weighted by Crippen LogP contribution is 2.29. The molecule has 172 valence electrons. The fourth-order valence-electron chi connectivity index (χ4n) is 4.08. The van der Waals surface area contributed by atoms with E-state index in [1.54, 1.807) is 18.3 Å². The first-order valence-corrected chi connectivity index (χ1v) is 11.3. The van der Waals surface area contributed by atoms with Crippen LogP contribution in [0.15, 0.2) is 65.5 Å². The summed E-state index contributed by atoms with van der Waals surface area (Å²) < 4.78 is 11.5. The first-order valence-electron chi connectivity index (χ1n) is 11.3. The molecule has 2 heterocycles. The lowest BCUT2D eigenvalue weighted by Gasteiger charge is -2.26. The maximum atomic E-state index is 11.7. The summed E-state index contributed by atoms with van der Waals surface area (Å²) in [7, 11) is 0. The average molecular weight is 447 g/mol. The number of amides is 1. The summed E-state index contributed by atoms with van der Waals surface area (Å²) >= 11 is 0. The van der Waals surface area contributed by atoms with Gasteiger partial charge in [-0.25, -0.2) is 0 Å². The molecule has 7 nitrogen and oxygen atoms in total. The predicted octanol–water partition coefficient (Wildman–Crippen LogP) is 3.36. The van der Waals surface area contributed by atoms with Crippen molar-refractivity contribution in [2.45, 2.75) is 32.5 Å². The maximum Gasteiger partial charge on any atom is 0.250 e. The summed E-state index contributed by atoms with van der Waals surface area (Å²) in [4.78, 5) is 22.9. The molecule has 1 unspecified atom stereocenters. The SMILES string of the molecule is CC=NC1C=C(c2ccc(CN3CCOCC3)cc2)C=C(OCc2ncccc2C(N)=O)C1. The van der Waals surface area contributed by atoms with Crippen molar-refractivity contribution in [1.29, 1.82) is 0 Å². The second-order valence-corrected chi connectivity index (χ2v) is 8.15. The van der Waals surface area contributed by atoms with E-state index in [4.69, 9.17) is 15.2 Å². The molecule has 2 N–H and O–H groups in total. The Bertz CT molecular complexity index is 1050. The Labute approximate surface area is 194 Å². The summed E-state index contributed by atoms with van der Waals surface area (Å²) in [6.07, 6.45) is 8.32. The number of pyridine rings is 1. The summed E-state index contributed by atoms with van der Waals surface area (Å²) in [5, 5.41) is 0. The molecule has 1 atom stereocenters. The quantitative estimate of drug-likeness (QED) is 0.628. The van der Waals surface area contributed by atoms with E-state index in [1.807, 2.05) is 19.2 Å². The Morgan fingerprint density at radius 3 is 2.79 bits per heavy atom. The minimum atomic E-state index is -0.509. The zero-order chi connectivity index (χ0) is 23.0. The van der Waals surface area contributed by atoms with Gasteiger partial charge in [0.25, 0.3) is 5.91 Å². The van der Waals surface area contributed by atoms with Crippen molar-refractivity contribution in [3.63, 3.8) is 0 Å². The molecule has 1 aliphatic carbocycles. The zero-order valence-electron chi connectivity index (χ0n) is 18.9. The number of nitrogens with zero attached hydrogens (tertiary/aromatic N) is 3. The number of hydrogen-bond acceptors (Lipinski definition) is 6. The van der Waals surface area contributed by atoms with Gasteiger partial charge in [-0.15, -0.1) is 0 Å². The van der Waals surface area contributed by atoms with Crippen LogP contribution < -0.4 is 5.73 Å². The molecule has 2 aliphatic rings. The van der Waals surface area contributed by atoms with E-state index >= 15 is 0 Å². The van der Waals surface area contributed by atoms with Crippen molar-refractivity contribution in [3.8, 4) is 0 Å². The average Bonchev–Trinajstić information content (AvgIpc) is 2.84. The number of rotatable bonds is 8. The van der Waals surface area contributed by atoms with Crippen LogP contribution in [0.1, 0.15) is 40.5 Å². The van der Waals surface area contributed by atoms with E-state index in [-0.39, 0.29) is 12.6 Å². The number of carbonyl (C=O) groups is 1. The van der Waals surface area contributed by atoms with Crippen molar-refractivity contribution >= 4 is 17.7 Å². The molecular formula is C26H30N4O3. The summed E-state index contributed by atoms with van der Waals surface area (Å²) in [5.74, 6) is 0.298. The van der Waals surface area contributed by atoms with E-state index in [1.165, 1.54) is 5.56 Å². The Morgan fingerprint density at radius 2 is 2.06 bits per heavy atom. The van der Waals surface area contributed by atoms with E-state index in [0.29, 0.717) is 17.7 Å². The zero-order valence-corrected chi connectivity index (χ0v) is 18.9. The number of allylic oxidation sites excluding steroid dienone is 2. The fourth-order valence-corrected chi connectivity index (χ4v) is 4.08. The van der Waals surface area contributed by atoms with Gasteiger partial charge in [0.2, 0.25) is 0 Å². The highest BCUT2D eigenvalue weighted by atomic mass is 16.5. The minimum Gasteiger partial charge on any atom is -0.492 e. The largest absolute Gasteiger partial charge is 0.492 e. The van der Waals surface area contributed by atoms with Crippen molar-refractivity contribution in [2.24, 2.45) is 10.7 Å². The van der Waals surface area contributed by atoms with Crippen molar-refractivity contribution < 1.29 is 14.3 Å². The highest BCUT2D eigenvalue weighted by molar-refractivity contribution is 5.93. The van der Waals surface area contributed by atoms with Crippen LogP contribution in [0.2, 0.25) is 0 Å². The molecule has 1 saturated heterocycles. The van der Waals surface area contributed by atoms with Gasteiger partial charge in [-0.2, -0.15) is 0 Å². The van der Waals surface area contributed by atoms with Gasteiger partial charge in [0.05, 0.1) is 36.3 Å². The lowest BCUT2D eigenvalue weighted by Crippen LogP contribution is -2.35. The fraction of sp³-hybridized carbons (Fsp3) is 0.346.